The maximum Gasteiger partial charge on any atom is 0.263 e. The van der Waals surface area contributed by atoms with Crippen molar-refractivity contribution in [3.05, 3.63) is 168 Å². The highest BCUT2D eigenvalue weighted by molar-refractivity contribution is 6.23. The van der Waals surface area contributed by atoms with E-state index >= 15 is 0 Å². The second-order valence-electron chi connectivity index (χ2n) is 14.4. The van der Waals surface area contributed by atoms with Crippen molar-refractivity contribution in [2.45, 2.75) is 0 Å². The number of para-hydroxylation sites is 3. The van der Waals surface area contributed by atoms with Crippen LogP contribution in [-0.2, 0) is 0 Å². The molecule has 13 aromatic rings. The largest absolute Gasteiger partial charge is 0.456 e. The van der Waals surface area contributed by atoms with E-state index in [9.17, 15) is 4.79 Å². The Morgan fingerprint density at radius 2 is 1.09 bits per heavy atom. The summed E-state index contributed by atoms with van der Waals surface area (Å²) in [6.45, 7) is 0. The van der Waals surface area contributed by atoms with Gasteiger partial charge in [0.25, 0.3) is 5.56 Å². The summed E-state index contributed by atoms with van der Waals surface area (Å²) in [5.74, 6) is 0. The summed E-state index contributed by atoms with van der Waals surface area (Å²) in [7, 11) is 0. The lowest BCUT2D eigenvalue weighted by Gasteiger charge is -2.09. The van der Waals surface area contributed by atoms with Crippen LogP contribution in [0.5, 0.6) is 0 Å². The first-order valence-electron chi connectivity index (χ1n) is 18.2. The van der Waals surface area contributed by atoms with E-state index in [1.165, 1.54) is 5.39 Å². The Labute approximate surface area is 305 Å². The summed E-state index contributed by atoms with van der Waals surface area (Å²) >= 11 is 0. The van der Waals surface area contributed by atoms with Crippen LogP contribution in [0.2, 0.25) is 0 Å². The van der Waals surface area contributed by atoms with Crippen LogP contribution in [-0.4, -0.2) is 8.97 Å². The van der Waals surface area contributed by atoms with Crippen molar-refractivity contribution >= 4 is 104 Å². The maximum absolute atomic E-state index is 14.0. The van der Waals surface area contributed by atoms with Gasteiger partial charge >= 0.3 is 0 Å². The number of hydrogen-bond acceptors (Lipinski definition) is 3. The molecular weight excluding hydrogens is 665 g/mol. The van der Waals surface area contributed by atoms with Crippen LogP contribution >= 0.6 is 0 Å². The number of hydrogen-bond donors (Lipinski definition) is 0. The van der Waals surface area contributed by atoms with Crippen LogP contribution in [0.1, 0.15) is 0 Å². The van der Waals surface area contributed by atoms with E-state index in [2.05, 4.69) is 120 Å². The van der Waals surface area contributed by atoms with Gasteiger partial charge in [-0.05, 0) is 77.2 Å². The highest BCUT2D eigenvalue weighted by Crippen LogP contribution is 2.43. The van der Waals surface area contributed by atoms with E-state index in [1.54, 1.807) is 0 Å². The van der Waals surface area contributed by atoms with Crippen LogP contribution < -0.4 is 5.56 Å². The number of pyridine rings is 1. The van der Waals surface area contributed by atoms with Crippen molar-refractivity contribution in [2.24, 2.45) is 0 Å². The Morgan fingerprint density at radius 3 is 2.00 bits per heavy atom. The van der Waals surface area contributed by atoms with Gasteiger partial charge in [-0.1, -0.05) is 97.1 Å². The van der Waals surface area contributed by atoms with Crippen molar-refractivity contribution in [3.63, 3.8) is 0 Å². The molecule has 0 spiro atoms. The SMILES string of the molecule is O=c1c2ccccc2c2cccc3c4cc(-c5cccc6oc7ccc(-n8c9ccccc9c9ccc%10c%11ccccc%11oc%10c98)cc7c56)ccc4n1c23. The fourth-order valence-electron chi connectivity index (χ4n) is 9.38. The van der Waals surface area contributed by atoms with Gasteiger partial charge in [-0.3, -0.25) is 9.20 Å². The van der Waals surface area contributed by atoms with Gasteiger partial charge in [0.1, 0.15) is 16.7 Å². The fraction of sp³-hybridized carbons (Fsp3) is 0. The lowest BCUT2D eigenvalue weighted by atomic mass is 9.97. The van der Waals surface area contributed by atoms with Crippen molar-refractivity contribution in [1.82, 2.24) is 8.97 Å². The molecule has 0 aliphatic heterocycles. The Hall–Kier alpha value is -7.37. The molecule has 5 heterocycles. The van der Waals surface area contributed by atoms with Gasteiger partial charge in [0.05, 0.1) is 22.1 Å². The fourth-order valence-corrected chi connectivity index (χ4v) is 9.38. The van der Waals surface area contributed by atoms with E-state index < -0.39 is 0 Å². The molecular formula is C49H26N2O3. The van der Waals surface area contributed by atoms with E-state index in [-0.39, 0.29) is 5.56 Å². The van der Waals surface area contributed by atoms with Crippen molar-refractivity contribution in [1.29, 1.82) is 0 Å². The molecule has 0 aliphatic rings. The van der Waals surface area contributed by atoms with Crippen molar-refractivity contribution < 1.29 is 8.83 Å². The Morgan fingerprint density at radius 1 is 0.407 bits per heavy atom. The first kappa shape index (κ1) is 28.2. The number of benzene rings is 8. The van der Waals surface area contributed by atoms with Gasteiger partial charge < -0.3 is 13.4 Å². The third-order valence-corrected chi connectivity index (χ3v) is 11.7. The predicted octanol–water partition coefficient (Wildman–Crippen LogP) is 12.8. The molecule has 0 saturated heterocycles. The Balaban J connectivity index is 1.09. The topological polar surface area (TPSA) is 52.7 Å². The minimum atomic E-state index is 0.0116. The molecule has 54 heavy (non-hydrogen) atoms. The summed E-state index contributed by atoms with van der Waals surface area (Å²) in [4.78, 5) is 14.0. The van der Waals surface area contributed by atoms with E-state index in [4.69, 9.17) is 8.83 Å². The summed E-state index contributed by atoms with van der Waals surface area (Å²) in [6.07, 6.45) is 0. The van der Waals surface area contributed by atoms with Gasteiger partial charge in [0.15, 0.2) is 5.58 Å². The van der Waals surface area contributed by atoms with Crippen LogP contribution in [0.25, 0.3) is 120 Å². The summed E-state index contributed by atoms with van der Waals surface area (Å²) in [5.41, 5.74) is 10.6. The average Bonchev–Trinajstić information content (AvgIpc) is 3.97. The Bertz CT molecular complexity index is 3820. The smallest absolute Gasteiger partial charge is 0.263 e. The van der Waals surface area contributed by atoms with E-state index in [0.29, 0.717) is 0 Å². The molecule has 5 aromatic heterocycles. The number of furan rings is 2. The zero-order valence-electron chi connectivity index (χ0n) is 28.6. The molecule has 250 valence electrons. The van der Waals surface area contributed by atoms with Crippen molar-refractivity contribution in [3.8, 4) is 16.8 Å². The normalized spacial score (nSPS) is 12.5. The molecule has 0 radical (unpaired) electrons. The molecule has 0 bridgehead atoms. The zero-order chi connectivity index (χ0) is 35.2. The molecule has 13 rings (SSSR count). The molecule has 0 atom stereocenters. The first-order chi connectivity index (χ1) is 26.7. The molecule has 0 aliphatic carbocycles. The van der Waals surface area contributed by atoms with Gasteiger partial charge in [0.2, 0.25) is 0 Å². The summed E-state index contributed by atoms with van der Waals surface area (Å²) in [5, 5.41) is 11.6. The van der Waals surface area contributed by atoms with Crippen LogP contribution in [0.3, 0.4) is 0 Å². The minimum Gasteiger partial charge on any atom is -0.456 e. The van der Waals surface area contributed by atoms with E-state index in [1.807, 2.05) is 46.9 Å². The van der Waals surface area contributed by atoms with Crippen LogP contribution in [0, 0.1) is 0 Å². The standard InChI is InChI=1S/C49H26N2O3/c52-49-37-12-2-1-9-30(37)33-14-7-15-34-38-25-27(19-23-41(38)51(49)46(33)34)29-13-8-18-44-45(29)39-26-28(20-24-43(39)53-44)50-40-16-5-3-10-31(40)35-21-22-36-32-11-4-6-17-42(32)54-48(36)47(35)50/h1-26H. The molecule has 0 unspecified atom stereocenters. The zero-order valence-corrected chi connectivity index (χ0v) is 28.6. The first-order valence-corrected chi connectivity index (χ1v) is 18.2. The van der Waals surface area contributed by atoms with E-state index in [0.717, 1.165) is 115 Å². The minimum absolute atomic E-state index is 0.0116. The highest BCUT2D eigenvalue weighted by Gasteiger charge is 2.22. The number of fused-ring (bicyclic) bond motifs is 15. The number of nitrogens with zero attached hydrogens (tertiary/aromatic N) is 2. The quantitative estimate of drug-likeness (QED) is 0.170. The summed E-state index contributed by atoms with van der Waals surface area (Å²) in [6, 6.07) is 54.8. The predicted molar refractivity (Wildman–Crippen MR) is 222 cm³/mol. The summed E-state index contributed by atoms with van der Waals surface area (Å²) < 4.78 is 17.4. The monoisotopic (exact) mass is 690 g/mol. The molecule has 5 nitrogen and oxygen atoms in total. The van der Waals surface area contributed by atoms with Crippen LogP contribution in [0.4, 0.5) is 0 Å². The lowest BCUT2D eigenvalue weighted by molar-refractivity contribution is 0.669. The number of rotatable bonds is 2. The maximum atomic E-state index is 14.0. The molecule has 0 amide bonds. The third kappa shape index (κ3) is 3.46. The molecule has 8 aromatic carbocycles. The van der Waals surface area contributed by atoms with Gasteiger partial charge in [-0.25, -0.2) is 0 Å². The number of aromatic nitrogens is 2. The second-order valence-corrected chi connectivity index (χ2v) is 14.4. The van der Waals surface area contributed by atoms with Gasteiger partial charge in [-0.15, -0.1) is 0 Å². The van der Waals surface area contributed by atoms with Crippen molar-refractivity contribution in [2.75, 3.05) is 0 Å². The Kier molecular flexibility index (Phi) is 5.20. The molecule has 0 fully saturated rings. The molecule has 0 N–H and O–H groups in total. The molecule has 0 saturated carbocycles. The highest BCUT2D eigenvalue weighted by atomic mass is 16.3. The molecule has 5 heteroatoms. The van der Waals surface area contributed by atoms with Gasteiger partial charge in [-0.2, -0.15) is 0 Å². The van der Waals surface area contributed by atoms with Gasteiger partial charge in [0, 0.05) is 59.5 Å². The van der Waals surface area contributed by atoms with Crippen LogP contribution in [0.15, 0.2) is 171 Å². The lowest BCUT2D eigenvalue weighted by Crippen LogP contribution is -2.12. The second kappa shape index (κ2) is 9.94. The third-order valence-electron chi connectivity index (χ3n) is 11.7. The average molecular weight is 691 g/mol.